The Hall–Kier alpha value is -3.17. The van der Waals surface area contributed by atoms with Crippen LogP contribution in [-0.2, 0) is 17.0 Å². The predicted octanol–water partition coefficient (Wildman–Crippen LogP) is 4.72. The first-order valence-corrected chi connectivity index (χ1v) is 11.5. The van der Waals surface area contributed by atoms with Gasteiger partial charge < -0.3 is 10.1 Å². The lowest BCUT2D eigenvalue weighted by Gasteiger charge is -2.06. The van der Waals surface area contributed by atoms with E-state index in [-0.39, 0.29) is 12.3 Å². The lowest BCUT2D eigenvalue weighted by Crippen LogP contribution is -2.15. The molecule has 9 heteroatoms. The third-order valence-electron chi connectivity index (χ3n) is 4.51. The molecule has 0 saturated carbocycles. The number of ether oxygens (including phenoxy) is 1. The van der Waals surface area contributed by atoms with Gasteiger partial charge in [0.25, 0.3) is 0 Å². The van der Waals surface area contributed by atoms with Crippen LogP contribution in [0.2, 0.25) is 0 Å². The van der Waals surface area contributed by atoms with Gasteiger partial charge in [0, 0.05) is 22.4 Å². The first kappa shape index (κ1) is 21.1. The molecule has 7 nitrogen and oxygen atoms in total. The highest BCUT2D eigenvalue weighted by Crippen LogP contribution is 2.24. The van der Waals surface area contributed by atoms with Gasteiger partial charge in [0.15, 0.2) is 5.82 Å². The number of H-pyrrole nitrogens is 1. The third kappa shape index (κ3) is 5.50. The summed E-state index contributed by atoms with van der Waals surface area (Å²) in [5.41, 5.74) is 3.71. The average Bonchev–Trinajstić information content (AvgIpc) is 3.43. The number of hydrogen-bond acceptors (Lipinski definition) is 7. The van der Waals surface area contributed by atoms with Gasteiger partial charge in [-0.2, -0.15) is 0 Å². The molecule has 0 bridgehead atoms. The standard InChI is InChI=1S/C22H21N5O2S2/c1-14-5-3-4-6-18(14)24-19(28)11-20-23-16(12-30-20)13-31-22-25-21(26-27-22)15-7-9-17(29-2)10-8-15/h3-10,12H,11,13H2,1-2H3,(H,24,28)(H,25,26,27). The zero-order valence-corrected chi connectivity index (χ0v) is 18.7. The number of hydrogen-bond donors (Lipinski definition) is 2. The Kier molecular flexibility index (Phi) is 6.63. The molecule has 0 saturated heterocycles. The highest BCUT2D eigenvalue weighted by atomic mass is 32.2. The van der Waals surface area contributed by atoms with Crippen molar-refractivity contribution < 1.29 is 9.53 Å². The van der Waals surface area contributed by atoms with E-state index >= 15 is 0 Å². The predicted molar refractivity (Wildman–Crippen MR) is 124 cm³/mol. The van der Waals surface area contributed by atoms with E-state index in [4.69, 9.17) is 4.74 Å². The smallest absolute Gasteiger partial charge is 0.231 e. The minimum atomic E-state index is -0.0686. The number of methoxy groups -OCH3 is 1. The molecule has 0 aliphatic rings. The molecular formula is C22H21N5O2S2. The largest absolute Gasteiger partial charge is 0.497 e. The maximum Gasteiger partial charge on any atom is 0.231 e. The Balaban J connectivity index is 1.31. The van der Waals surface area contributed by atoms with Crippen molar-refractivity contribution in [3.8, 4) is 17.1 Å². The number of thiazole rings is 1. The lowest BCUT2D eigenvalue weighted by atomic mass is 10.2. The van der Waals surface area contributed by atoms with E-state index in [1.807, 2.05) is 60.8 Å². The van der Waals surface area contributed by atoms with Crippen LogP contribution in [0.4, 0.5) is 5.69 Å². The third-order valence-corrected chi connectivity index (χ3v) is 6.29. The van der Waals surface area contributed by atoms with Crippen LogP contribution in [0.1, 0.15) is 16.3 Å². The quantitative estimate of drug-likeness (QED) is 0.377. The van der Waals surface area contributed by atoms with Gasteiger partial charge in [-0.1, -0.05) is 30.0 Å². The van der Waals surface area contributed by atoms with Crippen LogP contribution in [-0.4, -0.2) is 33.2 Å². The summed E-state index contributed by atoms with van der Waals surface area (Å²) < 4.78 is 5.18. The second kappa shape index (κ2) is 9.76. The van der Waals surface area contributed by atoms with Gasteiger partial charge in [-0.15, -0.1) is 16.4 Å². The number of benzene rings is 2. The summed E-state index contributed by atoms with van der Waals surface area (Å²) in [4.78, 5) is 21.4. The molecule has 2 aromatic carbocycles. The fourth-order valence-corrected chi connectivity index (χ4v) is 4.46. The fraction of sp³-hybridized carbons (Fsp3) is 0.182. The number of nitrogens with zero attached hydrogens (tertiary/aromatic N) is 3. The molecule has 2 aromatic heterocycles. The molecule has 2 N–H and O–H groups in total. The zero-order valence-electron chi connectivity index (χ0n) is 17.1. The zero-order chi connectivity index (χ0) is 21.6. The number of thioether (sulfide) groups is 1. The Bertz CT molecular complexity index is 1170. The molecule has 0 radical (unpaired) electrons. The van der Waals surface area contributed by atoms with Crippen molar-refractivity contribution in [1.29, 1.82) is 0 Å². The van der Waals surface area contributed by atoms with Gasteiger partial charge in [0.1, 0.15) is 10.8 Å². The first-order chi connectivity index (χ1) is 15.1. The summed E-state index contributed by atoms with van der Waals surface area (Å²) in [6.07, 6.45) is 0.256. The Labute approximate surface area is 188 Å². The number of carbonyl (C=O) groups excluding carboxylic acids is 1. The molecule has 2 heterocycles. The second-order valence-corrected chi connectivity index (χ2v) is 8.64. The highest BCUT2D eigenvalue weighted by molar-refractivity contribution is 7.98. The molecule has 4 aromatic rings. The number of aromatic nitrogens is 4. The van der Waals surface area contributed by atoms with Crippen molar-refractivity contribution >= 4 is 34.7 Å². The molecule has 31 heavy (non-hydrogen) atoms. The van der Waals surface area contributed by atoms with Crippen LogP contribution in [0, 0.1) is 6.92 Å². The number of nitrogens with one attached hydrogen (secondary N) is 2. The van der Waals surface area contributed by atoms with Crippen LogP contribution in [0.25, 0.3) is 11.4 Å². The van der Waals surface area contributed by atoms with Crippen molar-refractivity contribution in [3.63, 3.8) is 0 Å². The van der Waals surface area contributed by atoms with Crippen molar-refractivity contribution in [2.24, 2.45) is 0 Å². The summed E-state index contributed by atoms with van der Waals surface area (Å²) in [6.45, 7) is 1.97. The van der Waals surface area contributed by atoms with Crippen molar-refractivity contribution in [2.45, 2.75) is 24.3 Å². The summed E-state index contributed by atoms with van der Waals surface area (Å²) in [7, 11) is 1.64. The fourth-order valence-electron chi connectivity index (χ4n) is 2.87. The van der Waals surface area contributed by atoms with Crippen molar-refractivity contribution in [2.75, 3.05) is 12.4 Å². The van der Waals surface area contributed by atoms with Gasteiger partial charge in [-0.25, -0.2) is 9.97 Å². The SMILES string of the molecule is COc1ccc(-c2nc(SCc3csc(CC(=O)Nc4ccccc4C)n3)n[nH]2)cc1. The number of anilines is 1. The van der Waals surface area contributed by atoms with Gasteiger partial charge in [0.05, 0.1) is 19.2 Å². The van der Waals surface area contributed by atoms with Gasteiger partial charge in [-0.3, -0.25) is 9.89 Å². The molecular weight excluding hydrogens is 430 g/mol. The Morgan fingerprint density at radius 2 is 1.97 bits per heavy atom. The van der Waals surface area contributed by atoms with E-state index < -0.39 is 0 Å². The van der Waals surface area contributed by atoms with Crippen LogP contribution in [0.15, 0.2) is 59.1 Å². The van der Waals surface area contributed by atoms with Crippen molar-refractivity contribution in [1.82, 2.24) is 20.2 Å². The number of rotatable bonds is 8. The molecule has 1 amide bonds. The maximum atomic E-state index is 12.3. The number of aryl methyl sites for hydroxylation is 1. The van der Waals surface area contributed by atoms with E-state index in [0.29, 0.717) is 16.7 Å². The normalized spacial score (nSPS) is 10.8. The Morgan fingerprint density at radius 3 is 2.74 bits per heavy atom. The van der Waals surface area contributed by atoms with Gasteiger partial charge in [0.2, 0.25) is 11.1 Å². The van der Waals surface area contributed by atoms with Crippen LogP contribution in [0.3, 0.4) is 0 Å². The van der Waals surface area contributed by atoms with E-state index in [1.54, 1.807) is 7.11 Å². The first-order valence-electron chi connectivity index (χ1n) is 9.59. The molecule has 0 aliphatic heterocycles. The minimum absolute atomic E-state index is 0.0686. The van der Waals surface area contributed by atoms with E-state index in [0.717, 1.165) is 33.3 Å². The summed E-state index contributed by atoms with van der Waals surface area (Å²) in [5, 5.41) is 13.6. The maximum absolute atomic E-state index is 12.3. The van der Waals surface area contributed by atoms with Crippen molar-refractivity contribution in [3.05, 3.63) is 70.2 Å². The molecule has 0 fully saturated rings. The number of para-hydroxylation sites is 1. The summed E-state index contributed by atoms with van der Waals surface area (Å²) in [5.74, 6) is 2.07. The summed E-state index contributed by atoms with van der Waals surface area (Å²) in [6, 6.07) is 15.4. The van der Waals surface area contributed by atoms with E-state index in [1.165, 1.54) is 23.1 Å². The molecule has 0 unspecified atom stereocenters. The average molecular weight is 452 g/mol. The van der Waals surface area contributed by atoms with E-state index in [2.05, 4.69) is 25.5 Å². The van der Waals surface area contributed by atoms with Crippen LogP contribution in [0.5, 0.6) is 5.75 Å². The number of amides is 1. The molecule has 0 spiro atoms. The molecule has 4 rings (SSSR count). The minimum Gasteiger partial charge on any atom is -0.497 e. The van der Waals surface area contributed by atoms with Gasteiger partial charge >= 0.3 is 0 Å². The number of aromatic amines is 1. The number of carbonyl (C=O) groups is 1. The van der Waals surface area contributed by atoms with Gasteiger partial charge in [-0.05, 0) is 42.8 Å². The van der Waals surface area contributed by atoms with Crippen LogP contribution < -0.4 is 10.1 Å². The van der Waals surface area contributed by atoms with E-state index in [9.17, 15) is 4.79 Å². The lowest BCUT2D eigenvalue weighted by molar-refractivity contribution is -0.115. The van der Waals surface area contributed by atoms with Crippen LogP contribution >= 0.6 is 23.1 Å². The molecule has 0 atom stereocenters. The highest BCUT2D eigenvalue weighted by Gasteiger charge is 2.11. The molecule has 0 aliphatic carbocycles. The summed E-state index contributed by atoms with van der Waals surface area (Å²) >= 11 is 2.99. The second-order valence-electron chi connectivity index (χ2n) is 6.76. The monoisotopic (exact) mass is 451 g/mol. The topological polar surface area (TPSA) is 92.8 Å². The molecule has 158 valence electrons. The Morgan fingerprint density at radius 1 is 1.16 bits per heavy atom.